The van der Waals surface area contributed by atoms with E-state index in [0.29, 0.717) is 22.9 Å². The maximum absolute atomic E-state index is 12.3. The molecule has 0 aliphatic rings. The van der Waals surface area contributed by atoms with Gasteiger partial charge in [0.25, 0.3) is 11.8 Å². The Morgan fingerprint density at radius 1 is 0.677 bits per heavy atom. The number of para-hydroxylation sites is 2. The van der Waals surface area contributed by atoms with Crippen molar-refractivity contribution in [1.82, 2.24) is 0 Å². The van der Waals surface area contributed by atoms with Crippen LogP contribution in [-0.2, 0) is 9.59 Å². The molecule has 0 spiro atoms. The summed E-state index contributed by atoms with van der Waals surface area (Å²) in [7, 11) is 0. The first-order valence-corrected chi connectivity index (χ1v) is 9.99. The van der Waals surface area contributed by atoms with Crippen molar-refractivity contribution in [2.24, 2.45) is 0 Å². The number of amides is 2. The molecule has 31 heavy (non-hydrogen) atoms. The van der Waals surface area contributed by atoms with Crippen molar-refractivity contribution in [3.63, 3.8) is 0 Å². The third-order valence-electron chi connectivity index (χ3n) is 4.70. The average Bonchev–Trinajstić information content (AvgIpc) is 2.75. The third-order valence-corrected chi connectivity index (χ3v) is 4.70. The lowest BCUT2D eigenvalue weighted by Crippen LogP contribution is -2.22. The van der Waals surface area contributed by atoms with Crippen molar-refractivity contribution < 1.29 is 19.1 Å². The van der Waals surface area contributed by atoms with Crippen LogP contribution in [0.3, 0.4) is 0 Å². The maximum atomic E-state index is 12.3. The molecular weight excluding hydrogens is 392 g/mol. The molecule has 0 aromatic heterocycles. The van der Waals surface area contributed by atoms with E-state index >= 15 is 0 Å². The topological polar surface area (TPSA) is 76.7 Å². The lowest BCUT2D eigenvalue weighted by atomic mass is 10.1. The molecule has 0 fully saturated rings. The third kappa shape index (κ3) is 6.34. The molecule has 2 N–H and O–H groups in total. The van der Waals surface area contributed by atoms with Gasteiger partial charge in [0.2, 0.25) is 0 Å². The predicted octanol–water partition coefficient (Wildman–Crippen LogP) is 4.65. The normalized spacial score (nSPS) is 10.3. The zero-order valence-electron chi connectivity index (χ0n) is 17.9. The van der Waals surface area contributed by atoms with Crippen LogP contribution in [0, 0.1) is 20.8 Å². The molecule has 0 aliphatic carbocycles. The number of anilines is 2. The van der Waals surface area contributed by atoms with E-state index in [1.807, 2.05) is 75.4 Å². The Hall–Kier alpha value is -3.80. The molecule has 160 valence electrons. The summed E-state index contributed by atoms with van der Waals surface area (Å²) in [6.07, 6.45) is 0. The minimum Gasteiger partial charge on any atom is -0.483 e. The van der Waals surface area contributed by atoms with Gasteiger partial charge in [-0.05, 0) is 61.7 Å². The van der Waals surface area contributed by atoms with Crippen LogP contribution in [0.5, 0.6) is 11.5 Å². The van der Waals surface area contributed by atoms with E-state index in [1.165, 1.54) is 0 Å². The van der Waals surface area contributed by atoms with Crippen LogP contribution in [0.2, 0.25) is 0 Å². The van der Waals surface area contributed by atoms with Crippen LogP contribution in [0.4, 0.5) is 11.4 Å². The minimum atomic E-state index is -0.285. The average molecular weight is 418 g/mol. The minimum absolute atomic E-state index is 0.106. The van der Waals surface area contributed by atoms with Crippen molar-refractivity contribution in [1.29, 1.82) is 0 Å². The SMILES string of the molecule is Cc1ccc(NC(=O)COc2ccccc2C)cc1NC(=O)COc1ccccc1C. The highest BCUT2D eigenvalue weighted by Crippen LogP contribution is 2.21. The first-order valence-electron chi connectivity index (χ1n) is 9.99. The van der Waals surface area contributed by atoms with E-state index < -0.39 is 0 Å². The van der Waals surface area contributed by atoms with Crippen molar-refractivity contribution in [2.75, 3.05) is 23.8 Å². The number of hydrogen-bond acceptors (Lipinski definition) is 4. The summed E-state index contributed by atoms with van der Waals surface area (Å²) >= 11 is 0. The number of ether oxygens (including phenoxy) is 2. The summed E-state index contributed by atoms with van der Waals surface area (Å²) in [6.45, 7) is 5.51. The smallest absolute Gasteiger partial charge is 0.262 e. The monoisotopic (exact) mass is 418 g/mol. The van der Waals surface area contributed by atoms with E-state index in [2.05, 4.69) is 10.6 Å². The molecule has 0 atom stereocenters. The summed E-state index contributed by atoms with van der Waals surface area (Å²) in [6, 6.07) is 20.4. The molecular formula is C25H26N2O4. The van der Waals surface area contributed by atoms with Crippen LogP contribution in [-0.4, -0.2) is 25.0 Å². The van der Waals surface area contributed by atoms with Crippen molar-refractivity contribution >= 4 is 23.2 Å². The number of carbonyl (C=O) groups is 2. The predicted molar refractivity (Wildman–Crippen MR) is 122 cm³/mol. The summed E-state index contributed by atoms with van der Waals surface area (Å²) in [4.78, 5) is 24.6. The Balaban J connectivity index is 1.55. The van der Waals surface area contributed by atoms with E-state index in [9.17, 15) is 9.59 Å². The Kier molecular flexibility index (Phi) is 7.27. The molecule has 0 heterocycles. The van der Waals surface area contributed by atoms with Gasteiger partial charge in [-0.1, -0.05) is 42.5 Å². The highest BCUT2D eigenvalue weighted by Gasteiger charge is 2.10. The van der Waals surface area contributed by atoms with Crippen molar-refractivity contribution in [3.8, 4) is 11.5 Å². The quantitative estimate of drug-likeness (QED) is 0.558. The van der Waals surface area contributed by atoms with Gasteiger partial charge < -0.3 is 20.1 Å². The second-order valence-corrected chi connectivity index (χ2v) is 7.23. The molecule has 3 rings (SSSR count). The van der Waals surface area contributed by atoms with Crippen LogP contribution in [0.1, 0.15) is 16.7 Å². The largest absolute Gasteiger partial charge is 0.483 e. The molecule has 2 amide bonds. The highest BCUT2D eigenvalue weighted by atomic mass is 16.5. The molecule has 0 aliphatic heterocycles. The standard InChI is InChI=1S/C25H26N2O4/c1-17-12-13-20(26-24(28)15-30-22-10-6-4-8-18(22)2)14-21(17)27-25(29)16-31-23-11-7-5-9-19(23)3/h4-14H,15-16H2,1-3H3,(H,26,28)(H,27,29). The zero-order valence-corrected chi connectivity index (χ0v) is 17.9. The Morgan fingerprint density at radius 3 is 1.74 bits per heavy atom. The molecule has 6 nitrogen and oxygen atoms in total. The van der Waals surface area contributed by atoms with Gasteiger partial charge in [-0.25, -0.2) is 0 Å². The molecule has 6 heteroatoms. The van der Waals surface area contributed by atoms with Crippen LogP contribution < -0.4 is 20.1 Å². The van der Waals surface area contributed by atoms with E-state index in [4.69, 9.17) is 9.47 Å². The van der Waals surface area contributed by atoms with E-state index in [1.54, 1.807) is 12.1 Å². The summed E-state index contributed by atoms with van der Waals surface area (Å²) < 4.78 is 11.2. The molecule has 0 saturated heterocycles. The summed E-state index contributed by atoms with van der Waals surface area (Å²) in [5, 5.41) is 5.62. The van der Waals surface area contributed by atoms with Gasteiger partial charge in [-0.15, -0.1) is 0 Å². The molecule has 3 aromatic carbocycles. The highest BCUT2D eigenvalue weighted by molar-refractivity contribution is 5.95. The number of carbonyl (C=O) groups excluding carboxylic acids is 2. The van der Waals surface area contributed by atoms with Gasteiger partial charge in [-0.2, -0.15) is 0 Å². The molecule has 0 saturated carbocycles. The van der Waals surface area contributed by atoms with Crippen LogP contribution >= 0.6 is 0 Å². The number of aryl methyl sites for hydroxylation is 3. The number of rotatable bonds is 8. The van der Waals surface area contributed by atoms with Gasteiger partial charge in [0.05, 0.1) is 0 Å². The van der Waals surface area contributed by atoms with Gasteiger partial charge in [-0.3, -0.25) is 9.59 Å². The van der Waals surface area contributed by atoms with Gasteiger partial charge in [0, 0.05) is 11.4 Å². The first kappa shape index (κ1) is 21.9. The first-order chi connectivity index (χ1) is 14.9. The second kappa shape index (κ2) is 10.3. The maximum Gasteiger partial charge on any atom is 0.262 e. The van der Waals surface area contributed by atoms with Crippen molar-refractivity contribution in [2.45, 2.75) is 20.8 Å². The van der Waals surface area contributed by atoms with Gasteiger partial charge >= 0.3 is 0 Å². The van der Waals surface area contributed by atoms with E-state index in [0.717, 1.165) is 16.7 Å². The fourth-order valence-corrected chi connectivity index (χ4v) is 2.94. The fraction of sp³-hybridized carbons (Fsp3) is 0.200. The molecule has 0 unspecified atom stereocenters. The second-order valence-electron chi connectivity index (χ2n) is 7.23. The molecule has 3 aromatic rings. The van der Waals surface area contributed by atoms with Crippen LogP contribution in [0.15, 0.2) is 66.7 Å². The lowest BCUT2D eigenvalue weighted by molar-refractivity contribution is -0.118. The Labute approximate surface area is 182 Å². The van der Waals surface area contributed by atoms with Crippen LogP contribution in [0.25, 0.3) is 0 Å². The number of nitrogens with one attached hydrogen (secondary N) is 2. The Bertz CT molecular complexity index is 1080. The molecule has 0 radical (unpaired) electrons. The van der Waals surface area contributed by atoms with E-state index in [-0.39, 0.29) is 25.0 Å². The molecule has 0 bridgehead atoms. The Morgan fingerprint density at radius 2 is 1.19 bits per heavy atom. The lowest BCUT2D eigenvalue weighted by Gasteiger charge is -2.13. The van der Waals surface area contributed by atoms with Gasteiger partial charge in [0.1, 0.15) is 11.5 Å². The van der Waals surface area contributed by atoms with Gasteiger partial charge in [0.15, 0.2) is 13.2 Å². The number of benzene rings is 3. The van der Waals surface area contributed by atoms with Crippen molar-refractivity contribution in [3.05, 3.63) is 83.4 Å². The number of hydrogen-bond donors (Lipinski definition) is 2. The zero-order chi connectivity index (χ0) is 22.2. The fourth-order valence-electron chi connectivity index (χ4n) is 2.94. The summed E-state index contributed by atoms with van der Waals surface area (Å²) in [5.74, 6) is 0.775. The summed E-state index contributed by atoms with van der Waals surface area (Å²) in [5.41, 5.74) is 3.97.